The summed E-state index contributed by atoms with van der Waals surface area (Å²) < 4.78 is 24.7. The van der Waals surface area contributed by atoms with Crippen molar-refractivity contribution in [3.05, 3.63) is 0 Å². The lowest BCUT2D eigenvalue weighted by Gasteiger charge is -2.47. The average molecular weight is 727 g/mol. The number of ether oxygens (including phenoxy) is 4. The van der Waals surface area contributed by atoms with Crippen LogP contribution in [0.1, 0.15) is 82.1 Å². The summed E-state index contributed by atoms with van der Waals surface area (Å²) in [6, 6.07) is -0.422. The van der Waals surface area contributed by atoms with Crippen LogP contribution in [-0.4, -0.2) is 140 Å². The molecule has 2 aliphatic heterocycles. The van der Waals surface area contributed by atoms with E-state index in [0.29, 0.717) is 53.8 Å². The third-order valence-electron chi connectivity index (χ3n) is 7.82. The Morgan fingerprint density at radius 2 is 0.826 bits per heavy atom. The van der Waals surface area contributed by atoms with Crippen LogP contribution in [-0.2, 0) is 18.9 Å². The van der Waals surface area contributed by atoms with Gasteiger partial charge >= 0.3 is 12.1 Å². The molecule has 2 fully saturated rings. The fraction of sp³-hybridized carbons (Fsp3) is 0.938. The van der Waals surface area contributed by atoms with Crippen molar-refractivity contribution in [1.82, 2.24) is 19.6 Å². The molecule has 46 heavy (non-hydrogen) atoms. The largest absolute Gasteiger partial charge is 0.360 e. The molecule has 0 unspecified atom stereocenters. The van der Waals surface area contributed by atoms with E-state index < -0.39 is 11.3 Å². The zero-order chi connectivity index (χ0) is 34.3. The zero-order valence-electron chi connectivity index (χ0n) is 30.1. The summed E-state index contributed by atoms with van der Waals surface area (Å²) in [6.45, 7) is 23.6. The summed E-state index contributed by atoms with van der Waals surface area (Å²) in [5, 5.41) is 1.98. The second-order valence-corrected chi connectivity index (χ2v) is 19.4. The highest BCUT2D eigenvalue weighted by molar-refractivity contribution is 8.00. The molecular formula is C32H62N4O6S4. The lowest BCUT2D eigenvalue weighted by molar-refractivity contribution is -0.135. The van der Waals surface area contributed by atoms with Crippen LogP contribution in [0.15, 0.2) is 0 Å². The van der Waals surface area contributed by atoms with Gasteiger partial charge in [0.2, 0.25) is 0 Å². The zero-order valence-corrected chi connectivity index (χ0v) is 33.3. The monoisotopic (exact) mass is 726 g/mol. The van der Waals surface area contributed by atoms with Gasteiger partial charge in [-0.2, -0.15) is 47.0 Å². The Bertz CT molecular complexity index is 841. The van der Waals surface area contributed by atoms with Crippen molar-refractivity contribution in [3.8, 4) is 0 Å². The van der Waals surface area contributed by atoms with Crippen LogP contribution in [0.25, 0.3) is 0 Å². The molecule has 2 heterocycles. The molecule has 0 radical (unpaired) electrons. The third-order valence-corrected chi connectivity index (χ3v) is 12.1. The number of rotatable bonds is 26. The van der Waals surface area contributed by atoms with E-state index in [0.717, 1.165) is 29.4 Å². The van der Waals surface area contributed by atoms with Crippen molar-refractivity contribution < 1.29 is 28.5 Å². The molecule has 270 valence electrons. The summed E-state index contributed by atoms with van der Waals surface area (Å²) in [7, 11) is 0. The second-order valence-electron chi connectivity index (χ2n) is 12.7. The summed E-state index contributed by atoms with van der Waals surface area (Å²) in [5.74, 6) is 3.30. The van der Waals surface area contributed by atoms with Gasteiger partial charge in [0.15, 0.2) is 11.3 Å². The van der Waals surface area contributed by atoms with E-state index in [1.807, 2.05) is 54.0 Å². The van der Waals surface area contributed by atoms with Crippen LogP contribution < -0.4 is 0 Å². The molecule has 0 spiro atoms. The third kappa shape index (κ3) is 11.1. The number of nitrogens with zero attached hydrogens (tertiary/aromatic N) is 4. The minimum Gasteiger partial charge on any atom is -0.360 e. The first kappa shape index (κ1) is 41.9. The van der Waals surface area contributed by atoms with Gasteiger partial charge in [-0.1, -0.05) is 68.7 Å². The van der Waals surface area contributed by atoms with Crippen LogP contribution >= 0.6 is 47.0 Å². The lowest BCUT2D eigenvalue weighted by Crippen LogP contribution is -2.67. The maximum atomic E-state index is 14.5. The van der Waals surface area contributed by atoms with Crippen LogP contribution in [0.5, 0.6) is 0 Å². The molecule has 0 N–H and O–H groups in total. The molecule has 0 aliphatic carbocycles. The topological polar surface area (TPSA) is 84.0 Å². The highest BCUT2D eigenvalue weighted by atomic mass is 32.2. The highest BCUT2D eigenvalue weighted by Crippen LogP contribution is 2.53. The molecule has 0 atom stereocenters. The van der Waals surface area contributed by atoms with E-state index in [4.69, 9.17) is 18.9 Å². The highest BCUT2D eigenvalue weighted by Gasteiger charge is 2.76. The van der Waals surface area contributed by atoms with Gasteiger partial charge in [0.25, 0.3) is 0 Å². The Morgan fingerprint density at radius 1 is 0.543 bits per heavy atom. The molecule has 2 rings (SSSR count). The number of carbonyl (C=O) groups excluding carboxylic acids is 2. The number of hydrogen-bond donors (Lipinski definition) is 0. The number of fused-ring (bicyclic) bond motifs is 1. The van der Waals surface area contributed by atoms with Gasteiger partial charge < -0.3 is 18.9 Å². The van der Waals surface area contributed by atoms with Crippen LogP contribution in [0.4, 0.5) is 9.59 Å². The smallest absolute Gasteiger partial charge is 0.327 e. The number of thioether (sulfide) groups is 4. The molecule has 0 saturated carbocycles. The second kappa shape index (κ2) is 21.1. The van der Waals surface area contributed by atoms with Gasteiger partial charge in [-0.3, -0.25) is 19.6 Å². The molecule has 14 heteroatoms. The summed E-state index contributed by atoms with van der Waals surface area (Å²) in [4.78, 5) is 35.9. The first-order valence-corrected chi connectivity index (χ1v) is 21.0. The predicted molar refractivity (Wildman–Crippen MR) is 198 cm³/mol. The Morgan fingerprint density at radius 3 is 1.09 bits per heavy atom. The van der Waals surface area contributed by atoms with Crippen molar-refractivity contribution in [2.24, 2.45) is 0 Å². The molecule has 0 aromatic carbocycles. The standard InChI is InChI=1S/C32H62N4O6S4/c1-11-12-32-31(10,33(21-39-13-17-43-25(2)3)29(37)35(32)23-41-15-19-45-27(6)7)34(22-40-14-18-44-26(4)5)30(38)36(32)24-42-16-20-46-28(8)9/h25-28H,11-24H2,1-10H3. The van der Waals surface area contributed by atoms with Crippen LogP contribution in [0, 0.1) is 0 Å². The van der Waals surface area contributed by atoms with E-state index in [1.165, 1.54) is 0 Å². The van der Waals surface area contributed by atoms with Crippen molar-refractivity contribution in [1.29, 1.82) is 0 Å². The normalized spacial score (nSPS) is 21.9. The van der Waals surface area contributed by atoms with Gasteiger partial charge in [0.1, 0.15) is 26.9 Å². The summed E-state index contributed by atoms with van der Waals surface area (Å²) in [6.07, 6.45) is 1.30. The molecule has 4 amide bonds. The van der Waals surface area contributed by atoms with Crippen molar-refractivity contribution >= 4 is 59.1 Å². The molecule has 10 nitrogen and oxygen atoms in total. The minimum absolute atomic E-state index is 0.0614. The van der Waals surface area contributed by atoms with Crippen LogP contribution in [0.3, 0.4) is 0 Å². The van der Waals surface area contributed by atoms with E-state index in [9.17, 15) is 9.59 Å². The summed E-state index contributed by atoms with van der Waals surface area (Å²) in [5.41, 5.74) is -2.13. The van der Waals surface area contributed by atoms with Gasteiger partial charge in [0, 0.05) is 23.0 Å². The number of hydrogen-bond acceptors (Lipinski definition) is 10. The van der Waals surface area contributed by atoms with Crippen molar-refractivity contribution in [3.63, 3.8) is 0 Å². The maximum Gasteiger partial charge on any atom is 0.327 e. The number of carbonyl (C=O) groups is 2. The van der Waals surface area contributed by atoms with Crippen LogP contribution in [0.2, 0.25) is 0 Å². The number of amides is 4. The van der Waals surface area contributed by atoms with Gasteiger partial charge in [-0.05, 0) is 34.3 Å². The maximum absolute atomic E-state index is 14.5. The summed E-state index contributed by atoms with van der Waals surface area (Å²) >= 11 is 7.28. The first-order valence-electron chi connectivity index (χ1n) is 16.8. The number of urea groups is 2. The Hall–Kier alpha value is -0.220. The van der Waals surface area contributed by atoms with Crippen molar-refractivity contribution in [2.75, 3.05) is 76.4 Å². The average Bonchev–Trinajstić information content (AvgIpc) is 3.25. The van der Waals surface area contributed by atoms with Crippen molar-refractivity contribution in [2.45, 2.75) is 114 Å². The van der Waals surface area contributed by atoms with E-state index in [2.05, 4.69) is 62.3 Å². The Kier molecular flexibility index (Phi) is 19.2. The molecular weight excluding hydrogens is 665 g/mol. The van der Waals surface area contributed by atoms with Gasteiger partial charge in [-0.15, -0.1) is 0 Å². The molecule has 0 bridgehead atoms. The molecule has 2 aliphatic rings. The molecule has 2 saturated heterocycles. The fourth-order valence-electron chi connectivity index (χ4n) is 5.75. The van der Waals surface area contributed by atoms with E-state index in [-0.39, 0.29) is 39.0 Å². The quantitative estimate of drug-likeness (QED) is 0.0859. The Balaban J connectivity index is 2.46. The first-order chi connectivity index (χ1) is 21.8. The van der Waals surface area contributed by atoms with Gasteiger partial charge in [-0.25, -0.2) is 9.59 Å². The lowest BCUT2D eigenvalue weighted by atomic mass is 9.89. The van der Waals surface area contributed by atoms with E-state index in [1.54, 1.807) is 19.6 Å². The molecule has 0 aromatic heterocycles. The predicted octanol–water partition coefficient (Wildman–Crippen LogP) is 7.14. The molecule has 0 aromatic rings. The Labute approximate surface area is 296 Å². The SMILES string of the molecule is CCCC12N(COCCSC(C)C)C(=O)N(COCCSC(C)C)C1(C)N(COCCSC(C)C)C(=O)N2COCCSC(C)C. The minimum atomic E-state index is -1.08. The fourth-order valence-corrected chi connectivity index (χ4v) is 8.49. The van der Waals surface area contributed by atoms with E-state index >= 15 is 0 Å². The van der Waals surface area contributed by atoms with Gasteiger partial charge in [0.05, 0.1) is 26.4 Å².